The van der Waals surface area contributed by atoms with E-state index in [0.29, 0.717) is 6.54 Å². The van der Waals surface area contributed by atoms with E-state index in [1.165, 1.54) is 5.56 Å². The van der Waals surface area contributed by atoms with Gasteiger partial charge in [0.1, 0.15) is 0 Å². The largest absolute Gasteiger partial charge is 0.325 e. The van der Waals surface area contributed by atoms with Gasteiger partial charge in [-0.25, -0.2) is 4.79 Å². The van der Waals surface area contributed by atoms with Crippen LogP contribution < -0.4 is 11.0 Å². The molecule has 0 saturated carbocycles. The van der Waals surface area contributed by atoms with Crippen LogP contribution in [0.4, 0.5) is 0 Å². The first-order chi connectivity index (χ1) is 8.81. The molecule has 0 amide bonds. The van der Waals surface area contributed by atoms with Crippen LogP contribution in [-0.4, -0.2) is 14.5 Å². The Morgan fingerprint density at radius 2 is 2.11 bits per heavy atom. The van der Waals surface area contributed by atoms with Gasteiger partial charge in [0.2, 0.25) is 0 Å². The quantitative estimate of drug-likeness (QED) is 0.807. The first-order valence-electron chi connectivity index (χ1n) is 6.18. The topological polar surface area (TPSA) is 62.7 Å². The maximum Gasteiger partial charge on any atom is 0.325 e. The van der Waals surface area contributed by atoms with Crippen molar-refractivity contribution in [1.82, 2.24) is 19.9 Å². The van der Waals surface area contributed by atoms with Crippen LogP contribution in [-0.2, 0) is 19.6 Å². The summed E-state index contributed by atoms with van der Waals surface area (Å²) < 4.78 is 1.78. The number of hydrogen-bond donors (Lipinski definition) is 2. The van der Waals surface area contributed by atoms with E-state index in [-0.39, 0.29) is 5.69 Å². The molecule has 18 heavy (non-hydrogen) atoms. The zero-order chi connectivity index (χ0) is 12.8. The zero-order valence-electron chi connectivity index (χ0n) is 10.5. The second-order valence-electron chi connectivity index (χ2n) is 4.20. The number of nitrogens with zero attached hydrogens (tertiary/aromatic N) is 2. The molecule has 2 heterocycles. The lowest BCUT2D eigenvalue weighted by Gasteiger charge is -2.07. The summed E-state index contributed by atoms with van der Waals surface area (Å²) in [4.78, 5) is 18.2. The predicted molar refractivity (Wildman–Crippen MR) is 70.1 cm³/mol. The highest BCUT2D eigenvalue weighted by Gasteiger charge is 2.04. The van der Waals surface area contributed by atoms with Gasteiger partial charge in [-0.15, -0.1) is 0 Å². The third kappa shape index (κ3) is 3.07. The maximum atomic E-state index is 11.5. The fourth-order valence-electron chi connectivity index (χ4n) is 1.88. The summed E-state index contributed by atoms with van der Waals surface area (Å²) in [6.07, 6.45) is 6.29. The second-order valence-corrected chi connectivity index (χ2v) is 4.20. The summed E-state index contributed by atoms with van der Waals surface area (Å²) in [5, 5.41) is 3.32. The molecule has 5 heteroatoms. The van der Waals surface area contributed by atoms with E-state index >= 15 is 0 Å². The smallest absolute Gasteiger partial charge is 0.312 e. The Morgan fingerprint density at radius 1 is 1.33 bits per heavy atom. The summed E-state index contributed by atoms with van der Waals surface area (Å²) in [6.45, 7) is 4.28. The fourth-order valence-corrected chi connectivity index (χ4v) is 1.88. The highest BCUT2D eigenvalue weighted by atomic mass is 16.1. The molecule has 0 radical (unpaired) electrons. The van der Waals surface area contributed by atoms with Gasteiger partial charge >= 0.3 is 5.69 Å². The Labute approximate surface area is 106 Å². The van der Waals surface area contributed by atoms with Gasteiger partial charge < -0.3 is 10.3 Å². The Hall–Kier alpha value is -1.88. The molecule has 0 aliphatic carbocycles. The molecule has 0 unspecified atom stereocenters. The lowest BCUT2D eigenvalue weighted by Crippen LogP contribution is -2.22. The number of imidazole rings is 1. The first-order valence-corrected chi connectivity index (χ1v) is 6.18. The van der Waals surface area contributed by atoms with Crippen molar-refractivity contribution in [2.75, 3.05) is 0 Å². The van der Waals surface area contributed by atoms with E-state index in [1.54, 1.807) is 23.2 Å². The molecule has 2 aromatic heterocycles. The van der Waals surface area contributed by atoms with E-state index in [4.69, 9.17) is 0 Å². The molecule has 0 aliphatic rings. The van der Waals surface area contributed by atoms with Crippen molar-refractivity contribution in [3.05, 3.63) is 52.5 Å². The molecule has 0 spiro atoms. The number of H-pyrrole nitrogens is 1. The Balaban J connectivity index is 1.92. The first kappa shape index (κ1) is 12.6. The van der Waals surface area contributed by atoms with Crippen LogP contribution in [0.25, 0.3) is 0 Å². The molecule has 0 fully saturated rings. The Kier molecular flexibility index (Phi) is 4.30. The van der Waals surface area contributed by atoms with Crippen molar-refractivity contribution in [1.29, 1.82) is 0 Å². The molecule has 96 valence electrons. The van der Waals surface area contributed by atoms with Crippen LogP contribution in [0.5, 0.6) is 0 Å². The number of aromatic amines is 1. The van der Waals surface area contributed by atoms with Crippen molar-refractivity contribution in [2.24, 2.45) is 0 Å². The molecule has 0 aromatic carbocycles. The van der Waals surface area contributed by atoms with Gasteiger partial charge in [-0.3, -0.25) is 9.55 Å². The Bertz CT molecular complexity index is 529. The van der Waals surface area contributed by atoms with Crippen LogP contribution in [0.15, 0.2) is 35.5 Å². The summed E-state index contributed by atoms with van der Waals surface area (Å²) >= 11 is 0. The average Bonchev–Trinajstić information content (AvgIpc) is 2.73. The Morgan fingerprint density at radius 3 is 2.83 bits per heavy atom. The molecule has 2 rings (SSSR count). The molecule has 2 N–H and O–H groups in total. The van der Waals surface area contributed by atoms with Gasteiger partial charge in [0, 0.05) is 38.2 Å². The van der Waals surface area contributed by atoms with Crippen molar-refractivity contribution >= 4 is 0 Å². The van der Waals surface area contributed by atoms with Gasteiger partial charge in [0.15, 0.2) is 0 Å². The highest BCUT2D eigenvalue weighted by Crippen LogP contribution is 1.99. The summed E-state index contributed by atoms with van der Waals surface area (Å²) in [7, 11) is 0. The lowest BCUT2D eigenvalue weighted by atomic mass is 10.2. The van der Waals surface area contributed by atoms with Crippen LogP contribution in [0.1, 0.15) is 24.6 Å². The number of rotatable bonds is 6. The van der Waals surface area contributed by atoms with Gasteiger partial charge in [-0.2, -0.15) is 0 Å². The predicted octanol–water partition coefficient (Wildman–Crippen LogP) is 1.27. The highest BCUT2D eigenvalue weighted by molar-refractivity contribution is 5.09. The van der Waals surface area contributed by atoms with E-state index in [9.17, 15) is 4.79 Å². The van der Waals surface area contributed by atoms with Crippen LogP contribution in [0, 0.1) is 0 Å². The molecule has 5 nitrogen and oxygen atoms in total. The molecule has 0 bridgehead atoms. The van der Waals surface area contributed by atoms with E-state index in [2.05, 4.69) is 22.2 Å². The third-order valence-corrected chi connectivity index (χ3v) is 2.79. The van der Waals surface area contributed by atoms with E-state index in [1.807, 2.05) is 12.1 Å². The van der Waals surface area contributed by atoms with Crippen molar-refractivity contribution in [2.45, 2.75) is 33.0 Å². The number of hydrogen-bond acceptors (Lipinski definition) is 3. The van der Waals surface area contributed by atoms with E-state index < -0.39 is 0 Å². The standard InChI is InChI=1S/C13H18N4O/c1-2-7-17-12(10-16-13(17)18)9-15-8-11-3-5-14-6-4-11/h3-6,10,15H,2,7-9H2,1H3,(H,16,18). The van der Waals surface area contributed by atoms with Crippen LogP contribution in [0.2, 0.25) is 0 Å². The van der Waals surface area contributed by atoms with Crippen LogP contribution in [0.3, 0.4) is 0 Å². The summed E-state index contributed by atoms with van der Waals surface area (Å²) in [5.74, 6) is 0. The fraction of sp³-hybridized carbons (Fsp3) is 0.385. The summed E-state index contributed by atoms with van der Waals surface area (Å²) in [6, 6.07) is 3.95. The van der Waals surface area contributed by atoms with Crippen molar-refractivity contribution in [3.63, 3.8) is 0 Å². The monoisotopic (exact) mass is 246 g/mol. The minimum absolute atomic E-state index is 0.0300. The number of pyridine rings is 1. The van der Waals surface area contributed by atoms with Gasteiger partial charge in [-0.1, -0.05) is 6.92 Å². The van der Waals surface area contributed by atoms with Gasteiger partial charge in [-0.05, 0) is 24.1 Å². The van der Waals surface area contributed by atoms with Crippen molar-refractivity contribution < 1.29 is 0 Å². The van der Waals surface area contributed by atoms with Gasteiger partial charge in [0.05, 0.1) is 5.69 Å². The number of aromatic nitrogens is 3. The minimum atomic E-state index is -0.0300. The molecule has 2 aromatic rings. The molecule has 0 saturated heterocycles. The van der Waals surface area contributed by atoms with Gasteiger partial charge in [0.25, 0.3) is 0 Å². The SMILES string of the molecule is CCCn1c(CNCc2ccncc2)c[nH]c1=O. The minimum Gasteiger partial charge on any atom is -0.312 e. The molecule has 0 atom stereocenters. The number of nitrogens with one attached hydrogen (secondary N) is 2. The zero-order valence-corrected chi connectivity index (χ0v) is 10.5. The molecular formula is C13H18N4O. The van der Waals surface area contributed by atoms with E-state index in [0.717, 1.165) is 25.2 Å². The molecular weight excluding hydrogens is 228 g/mol. The second kappa shape index (κ2) is 6.16. The maximum absolute atomic E-state index is 11.5. The summed E-state index contributed by atoms with van der Waals surface area (Å²) in [5.41, 5.74) is 2.15. The molecule has 0 aliphatic heterocycles. The third-order valence-electron chi connectivity index (χ3n) is 2.79. The lowest BCUT2D eigenvalue weighted by molar-refractivity contribution is 0.588. The van der Waals surface area contributed by atoms with Crippen LogP contribution >= 0.6 is 0 Å². The van der Waals surface area contributed by atoms with Crippen molar-refractivity contribution in [3.8, 4) is 0 Å². The average molecular weight is 246 g/mol. The normalized spacial score (nSPS) is 10.7.